The summed E-state index contributed by atoms with van der Waals surface area (Å²) in [7, 11) is 0. The minimum atomic E-state index is -0.360. The van der Waals surface area contributed by atoms with Crippen LogP contribution in [0.4, 0.5) is 5.13 Å². The molecule has 6 nitrogen and oxygen atoms in total. The highest BCUT2D eigenvalue weighted by atomic mass is 35.5. The van der Waals surface area contributed by atoms with Gasteiger partial charge in [0.25, 0.3) is 5.91 Å². The van der Waals surface area contributed by atoms with Gasteiger partial charge in [0, 0.05) is 10.6 Å². The van der Waals surface area contributed by atoms with Crippen molar-refractivity contribution in [3.8, 4) is 17.0 Å². The van der Waals surface area contributed by atoms with Crippen LogP contribution in [0.25, 0.3) is 21.5 Å². The molecule has 0 aliphatic heterocycles. The van der Waals surface area contributed by atoms with Crippen LogP contribution in [-0.4, -0.2) is 26.2 Å². The fraction of sp³-hybridized carbons (Fsp3) is 0.0556. The lowest BCUT2D eigenvalue weighted by atomic mass is 10.1. The van der Waals surface area contributed by atoms with Crippen LogP contribution in [0, 0.1) is 6.92 Å². The lowest BCUT2D eigenvalue weighted by molar-refractivity contribution is 0.102. The fourth-order valence-corrected chi connectivity index (χ4v) is 3.70. The number of rotatable bonds is 3. The predicted molar refractivity (Wildman–Crippen MR) is 103 cm³/mol. The van der Waals surface area contributed by atoms with E-state index in [1.54, 1.807) is 43.3 Å². The summed E-state index contributed by atoms with van der Waals surface area (Å²) >= 11 is 7.31. The number of halogens is 1. The number of carbonyl (C=O) groups excluding carboxylic acids is 1. The molecule has 3 N–H and O–H groups in total. The summed E-state index contributed by atoms with van der Waals surface area (Å²) in [4.78, 5) is 16.8. The number of aryl methyl sites for hydroxylation is 1. The monoisotopic (exact) mass is 384 g/mol. The zero-order chi connectivity index (χ0) is 18.3. The van der Waals surface area contributed by atoms with E-state index in [1.807, 2.05) is 6.07 Å². The van der Waals surface area contributed by atoms with Crippen LogP contribution in [0.3, 0.4) is 0 Å². The van der Waals surface area contributed by atoms with Gasteiger partial charge in [0.05, 0.1) is 15.9 Å². The Bertz CT molecular complexity index is 1140. The molecule has 1 amide bonds. The predicted octanol–water partition coefficient (Wildman–Crippen LogP) is 4.61. The summed E-state index contributed by atoms with van der Waals surface area (Å²) in [5, 5.41) is 20.8. The van der Waals surface area contributed by atoms with Gasteiger partial charge in [0.2, 0.25) is 0 Å². The van der Waals surface area contributed by atoms with Gasteiger partial charge in [-0.25, -0.2) is 4.98 Å². The molecule has 2 heterocycles. The van der Waals surface area contributed by atoms with E-state index in [-0.39, 0.29) is 17.4 Å². The van der Waals surface area contributed by atoms with Gasteiger partial charge in [-0.1, -0.05) is 35.1 Å². The van der Waals surface area contributed by atoms with E-state index in [2.05, 4.69) is 20.5 Å². The van der Waals surface area contributed by atoms with Crippen molar-refractivity contribution < 1.29 is 9.90 Å². The number of phenols is 1. The maximum Gasteiger partial charge on any atom is 0.275 e. The van der Waals surface area contributed by atoms with Crippen LogP contribution in [0.2, 0.25) is 5.02 Å². The van der Waals surface area contributed by atoms with Crippen molar-refractivity contribution in [2.24, 2.45) is 0 Å². The Morgan fingerprint density at radius 1 is 1.27 bits per heavy atom. The number of aromatic nitrogens is 3. The van der Waals surface area contributed by atoms with Crippen LogP contribution in [0.5, 0.6) is 5.75 Å². The van der Waals surface area contributed by atoms with E-state index < -0.39 is 0 Å². The van der Waals surface area contributed by atoms with E-state index in [0.29, 0.717) is 21.4 Å². The molecule has 0 unspecified atom stereocenters. The Hall–Kier alpha value is -2.90. The van der Waals surface area contributed by atoms with Crippen LogP contribution in [0.15, 0.2) is 42.5 Å². The van der Waals surface area contributed by atoms with E-state index in [9.17, 15) is 9.90 Å². The Labute approximate surface area is 157 Å². The van der Waals surface area contributed by atoms with Crippen LogP contribution in [0.1, 0.15) is 16.1 Å². The van der Waals surface area contributed by atoms with Gasteiger partial charge >= 0.3 is 0 Å². The third kappa shape index (κ3) is 3.02. The zero-order valence-corrected chi connectivity index (χ0v) is 15.1. The third-order valence-electron chi connectivity index (χ3n) is 3.91. The second-order valence-corrected chi connectivity index (χ2v) is 7.19. The molecule has 0 spiro atoms. The summed E-state index contributed by atoms with van der Waals surface area (Å²) in [5.74, 6) is -0.213. The quantitative estimate of drug-likeness (QED) is 0.481. The lowest BCUT2D eigenvalue weighted by Crippen LogP contribution is -2.11. The molecule has 0 saturated heterocycles. The van der Waals surface area contributed by atoms with Crippen molar-refractivity contribution >= 4 is 44.2 Å². The number of carbonyl (C=O) groups is 1. The highest BCUT2D eigenvalue weighted by Gasteiger charge is 2.15. The van der Waals surface area contributed by atoms with Gasteiger partial charge in [-0.2, -0.15) is 5.10 Å². The van der Waals surface area contributed by atoms with E-state index in [1.165, 1.54) is 11.3 Å². The second-order valence-electron chi connectivity index (χ2n) is 5.72. The highest BCUT2D eigenvalue weighted by Crippen LogP contribution is 2.31. The average molecular weight is 385 g/mol. The lowest BCUT2D eigenvalue weighted by Gasteiger charge is -2.03. The summed E-state index contributed by atoms with van der Waals surface area (Å²) in [5.41, 5.74) is 2.84. The molecule has 0 aliphatic rings. The van der Waals surface area contributed by atoms with Crippen LogP contribution < -0.4 is 5.32 Å². The van der Waals surface area contributed by atoms with Gasteiger partial charge in [-0.3, -0.25) is 15.2 Å². The van der Waals surface area contributed by atoms with Gasteiger partial charge in [-0.15, -0.1) is 0 Å². The minimum absolute atomic E-state index is 0.147. The molecule has 8 heteroatoms. The summed E-state index contributed by atoms with van der Waals surface area (Å²) in [6.45, 7) is 1.80. The first-order valence-corrected chi connectivity index (χ1v) is 8.92. The molecule has 130 valence electrons. The molecule has 26 heavy (non-hydrogen) atoms. The summed E-state index contributed by atoms with van der Waals surface area (Å²) in [6.07, 6.45) is 0. The number of para-hydroxylation sites is 1. The van der Waals surface area contributed by atoms with E-state index >= 15 is 0 Å². The van der Waals surface area contributed by atoms with Gasteiger partial charge in [0.15, 0.2) is 5.13 Å². The fourth-order valence-electron chi connectivity index (χ4n) is 2.56. The molecule has 2 aromatic heterocycles. The maximum absolute atomic E-state index is 12.5. The number of amides is 1. The van der Waals surface area contributed by atoms with Gasteiger partial charge < -0.3 is 5.11 Å². The number of phenolic OH excluding ortho intramolecular Hbond substituents is 1. The standard InChI is InChI=1S/C18H13ClN4O2S/c1-9-3-2-4-11(16(9)24)13-8-14(23-22-13)17(25)21-18-20-12-6-5-10(19)7-15(12)26-18/h2-8,24H,1H3,(H,22,23)(H,20,21,25). The number of hydrogen-bond donors (Lipinski definition) is 3. The Balaban J connectivity index is 1.58. The Morgan fingerprint density at radius 2 is 2.12 bits per heavy atom. The molecular formula is C18H13ClN4O2S. The number of benzene rings is 2. The van der Waals surface area contributed by atoms with E-state index in [4.69, 9.17) is 11.6 Å². The molecule has 0 atom stereocenters. The van der Waals surface area contributed by atoms with E-state index in [0.717, 1.165) is 15.8 Å². The first-order chi connectivity index (χ1) is 12.5. The number of H-pyrrole nitrogens is 1. The Kier molecular flexibility index (Phi) is 4.10. The third-order valence-corrected chi connectivity index (χ3v) is 5.08. The van der Waals surface area contributed by atoms with Crippen LogP contribution in [-0.2, 0) is 0 Å². The number of aromatic amines is 1. The SMILES string of the molecule is Cc1cccc(-c2cc(C(=O)Nc3nc4ccc(Cl)cc4s3)[nH]n2)c1O. The number of aromatic hydroxyl groups is 1. The first-order valence-electron chi connectivity index (χ1n) is 7.73. The van der Waals surface area contributed by atoms with Crippen molar-refractivity contribution in [2.75, 3.05) is 5.32 Å². The summed E-state index contributed by atoms with van der Waals surface area (Å²) in [6, 6.07) is 12.3. The molecule has 0 radical (unpaired) electrons. The number of fused-ring (bicyclic) bond motifs is 1. The maximum atomic E-state index is 12.5. The molecule has 4 aromatic rings. The normalized spacial score (nSPS) is 11.0. The van der Waals surface area contributed by atoms with Gasteiger partial charge in [-0.05, 0) is 42.8 Å². The number of hydrogen-bond acceptors (Lipinski definition) is 5. The number of anilines is 1. The van der Waals surface area contributed by atoms with Crippen molar-refractivity contribution in [3.63, 3.8) is 0 Å². The molecule has 0 fully saturated rings. The molecule has 2 aromatic carbocycles. The molecule has 4 rings (SSSR count). The number of nitrogens with zero attached hydrogens (tertiary/aromatic N) is 2. The smallest absolute Gasteiger partial charge is 0.275 e. The first kappa shape index (κ1) is 16.6. The largest absolute Gasteiger partial charge is 0.507 e. The topological polar surface area (TPSA) is 90.9 Å². The van der Waals surface area contributed by atoms with Crippen molar-refractivity contribution in [3.05, 3.63) is 58.7 Å². The molecule has 0 bridgehead atoms. The average Bonchev–Trinajstić information content (AvgIpc) is 3.23. The molecule has 0 aliphatic carbocycles. The zero-order valence-electron chi connectivity index (χ0n) is 13.6. The minimum Gasteiger partial charge on any atom is -0.507 e. The number of thiazole rings is 1. The summed E-state index contributed by atoms with van der Waals surface area (Å²) < 4.78 is 0.891. The molecule has 0 saturated carbocycles. The van der Waals surface area contributed by atoms with Gasteiger partial charge in [0.1, 0.15) is 11.4 Å². The Morgan fingerprint density at radius 3 is 2.96 bits per heavy atom. The van der Waals surface area contributed by atoms with Crippen molar-refractivity contribution in [1.82, 2.24) is 15.2 Å². The molecular weight excluding hydrogens is 372 g/mol. The second kappa shape index (κ2) is 6.44. The number of nitrogens with one attached hydrogen (secondary N) is 2. The van der Waals surface area contributed by atoms with Crippen molar-refractivity contribution in [1.29, 1.82) is 0 Å². The highest BCUT2D eigenvalue weighted by molar-refractivity contribution is 7.22. The van der Waals surface area contributed by atoms with Crippen LogP contribution >= 0.6 is 22.9 Å². The van der Waals surface area contributed by atoms with Crippen molar-refractivity contribution in [2.45, 2.75) is 6.92 Å².